The molecule has 1 fully saturated rings. The zero-order valence-corrected chi connectivity index (χ0v) is 20.3. The van der Waals surface area contributed by atoms with E-state index >= 15 is 0 Å². The normalized spacial score (nSPS) is 14.5. The van der Waals surface area contributed by atoms with Crippen LogP contribution in [0.3, 0.4) is 0 Å². The number of pyridine rings is 1. The Kier molecular flexibility index (Phi) is 7.25. The molecule has 0 aliphatic carbocycles. The number of methoxy groups -OCH3 is 1. The Labute approximate surface area is 213 Å². The quantitative estimate of drug-likeness (QED) is 0.197. The molecule has 4 rings (SSSR count). The summed E-state index contributed by atoms with van der Waals surface area (Å²) in [5.41, 5.74) is 1.12. The van der Waals surface area contributed by atoms with E-state index in [1.807, 2.05) is 0 Å². The Balaban J connectivity index is 1.51. The number of imide groups is 1. The van der Waals surface area contributed by atoms with Gasteiger partial charge in [0.15, 0.2) is 11.5 Å². The highest BCUT2D eigenvalue weighted by molar-refractivity contribution is 8.18. The number of thioether (sulfide) groups is 1. The Hall–Kier alpha value is -3.60. The molecule has 1 aromatic heterocycles. The molecular weight excluding hydrogens is 517 g/mol. The summed E-state index contributed by atoms with van der Waals surface area (Å²) in [6.45, 7) is 0.0667. The van der Waals surface area contributed by atoms with Gasteiger partial charge in [-0.2, -0.15) is 0 Å². The van der Waals surface area contributed by atoms with E-state index in [9.17, 15) is 19.7 Å². The number of nitrogens with zero attached hydrogens (tertiary/aromatic N) is 3. The molecule has 2 aromatic carbocycles. The van der Waals surface area contributed by atoms with E-state index in [0.29, 0.717) is 32.7 Å². The van der Waals surface area contributed by atoms with Crippen molar-refractivity contribution in [3.63, 3.8) is 0 Å². The molecule has 12 heteroatoms. The Morgan fingerprint density at radius 2 is 1.89 bits per heavy atom. The summed E-state index contributed by atoms with van der Waals surface area (Å²) < 4.78 is 11.0. The van der Waals surface area contributed by atoms with Crippen LogP contribution in [0.25, 0.3) is 6.08 Å². The predicted octanol–water partition coefficient (Wildman–Crippen LogP) is 6.33. The minimum Gasteiger partial charge on any atom is -0.493 e. The van der Waals surface area contributed by atoms with Crippen molar-refractivity contribution in [2.75, 3.05) is 7.11 Å². The summed E-state index contributed by atoms with van der Waals surface area (Å²) >= 11 is 12.8. The number of nitro groups is 1. The highest BCUT2D eigenvalue weighted by Gasteiger charge is 2.35. The van der Waals surface area contributed by atoms with Gasteiger partial charge in [0.1, 0.15) is 6.20 Å². The van der Waals surface area contributed by atoms with Gasteiger partial charge in [-0.05, 0) is 53.2 Å². The molecule has 0 unspecified atom stereocenters. The number of ether oxygens (including phenoxy) is 2. The zero-order chi connectivity index (χ0) is 25.1. The SMILES string of the molecule is COc1cc(/C=C2/SC(=O)N(Cc3ccc(Cl)c(Cl)c3)C2=O)ccc1Oc1ccc([N+](=O)[O-])cn1. The van der Waals surface area contributed by atoms with Crippen molar-refractivity contribution in [1.29, 1.82) is 0 Å². The maximum Gasteiger partial charge on any atom is 0.293 e. The molecule has 3 aromatic rings. The summed E-state index contributed by atoms with van der Waals surface area (Å²) in [4.78, 5) is 40.8. The molecule has 0 spiro atoms. The number of rotatable bonds is 7. The summed E-state index contributed by atoms with van der Waals surface area (Å²) in [6.07, 6.45) is 2.67. The number of carbonyl (C=O) groups is 2. The molecule has 1 aliphatic heterocycles. The first-order chi connectivity index (χ1) is 16.7. The van der Waals surface area contributed by atoms with Gasteiger partial charge >= 0.3 is 0 Å². The summed E-state index contributed by atoms with van der Waals surface area (Å²) in [6, 6.07) is 12.5. The van der Waals surface area contributed by atoms with Crippen LogP contribution in [0.4, 0.5) is 10.5 Å². The molecule has 178 valence electrons. The van der Waals surface area contributed by atoms with Gasteiger partial charge in [0.05, 0.1) is 33.5 Å². The average Bonchev–Trinajstić information content (AvgIpc) is 3.10. The van der Waals surface area contributed by atoms with Gasteiger partial charge in [-0.3, -0.25) is 24.6 Å². The number of aromatic nitrogens is 1. The summed E-state index contributed by atoms with van der Waals surface area (Å²) in [5, 5.41) is 11.1. The van der Waals surface area contributed by atoms with Gasteiger partial charge in [0.2, 0.25) is 5.88 Å². The van der Waals surface area contributed by atoms with Crippen LogP contribution >= 0.6 is 35.0 Å². The number of carbonyl (C=O) groups excluding carboxylic acids is 2. The van der Waals surface area contributed by atoms with Gasteiger partial charge in [-0.15, -0.1) is 0 Å². The van der Waals surface area contributed by atoms with Crippen LogP contribution in [0.2, 0.25) is 10.0 Å². The van der Waals surface area contributed by atoms with E-state index in [-0.39, 0.29) is 23.0 Å². The van der Waals surface area contributed by atoms with E-state index in [2.05, 4.69) is 4.98 Å². The third kappa shape index (κ3) is 5.56. The van der Waals surface area contributed by atoms with Gasteiger partial charge in [-0.1, -0.05) is 35.3 Å². The molecule has 2 heterocycles. The molecule has 35 heavy (non-hydrogen) atoms. The van der Waals surface area contributed by atoms with Crippen molar-refractivity contribution in [3.05, 3.63) is 90.9 Å². The van der Waals surface area contributed by atoms with Gasteiger partial charge < -0.3 is 9.47 Å². The maximum atomic E-state index is 12.9. The molecule has 0 radical (unpaired) electrons. The van der Waals surface area contributed by atoms with Crippen molar-refractivity contribution in [1.82, 2.24) is 9.88 Å². The lowest BCUT2D eigenvalue weighted by molar-refractivity contribution is -0.385. The van der Waals surface area contributed by atoms with Gasteiger partial charge in [0.25, 0.3) is 16.8 Å². The van der Waals surface area contributed by atoms with Crippen LogP contribution in [-0.4, -0.2) is 33.1 Å². The molecule has 1 aliphatic rings. The van der Waals surface area contributed by atoms with Crippen LogP contribution in [-0.2, 0) is 11.3 Å². The van der Waals surface area contributed by atoms with Crippen LogP contribution in [0.5, 0.6) is 17.4 Å². The van der Waals surface area contributed by atoms with E-state index in [4.69, 9.17) is 32.7 Å². The Morgan fingerprint density at radius 3 is 2.54 bits per heavy atom. The first-order valence-electron chi connectivity index (χ1n) is 9.91. The monoisotopic (exact) mass is 531 g/mol. The lowest BCUT2D eigenvalue weighted by atomic mass is 10.1. The van der Waals surface area contributed by atoms with Gasteiger partial charge in [0, 0.05) is 12.1 Å². The van der Waals surface area contributed by atoms with Crippen LogP contribution < -0.4 is 9.47 Å². The largest absolute Gasteiger partial charge is 0.493 e. The molecule has 9 nitrogen and oxygen atoms in total. The second-order valence-electron chi connectivity index (χ2n) is 7.14. The lowest BCUT2D eigenvalue weighted by Gasteiger charge is -2.13. The average molecular weight is 532 g/mol. The molecule has 0 saturated carbocycles. The fraction of sp³-hybridized carbons (Fsp3) is 0.0870. The number of halogens is 2. The first kappa shape index (κ1) is 24.5. The van der Waals surface area contributed by atoms with Gasteiger partial charge in [-0.25, -0.2) is 4.98 Å². The highest BCUT2D eigenvalue weighted by Crippen LogP contribution is 2.36. The maximum absolute atomic E-state index is 12.9. The molecule has 2 amide bonds. The Bertz CT molecular complexity index is 1360. The minimum atomic E-state index is -0.557. The summed E-state index contributed by atoms with van der Waals surface area (Å²) in [5.74, 6) is 0.373. The van der Waals surface area contributed by atoms with Crippen molar-refractivity contribution >= 4 is 57.9 Å². The van der Waals surface area contributed by atoms with E-state index in [1.165, 1.54) is 19.2 Å². The lowest BCUT2D eigenvalue weighted by Crippen LogP contribution is -2.27. The van der Waals surface area contributed by atoms with E-state index < -0.39 is 16.1 Å². The van der Waals surface area contributed by atoms with Crippen LogP contribution in [0.1, 0.15) is 11.1 Å². The van der Waals surface area contributed by atoms with Crippen LogP contribution in [0, 0.1) is 10.1 Å². The van der Waals surface area contributed by atoms with Crippen molar-refractivity contribution in [2.45, 2.75) is 6.54 Å². The van der Waals surface area contributed by atoms with Crippen molar-refractivity contribution < 1.29 is 24.0 Å². The molecular formula is C23H15Cl2N3O6S. The third-order valence-corrected chi connectivity index (χ3v) is 6.48. The zero-order valence-electron chi connectivity index (χ0n) is 17.9. The van der Waals surface area contributed by atoms with Crippen molar-refractivity contribution in [2.24, 2.45) is 0 Å². The molecule has 0 atom stereocenters. The molecule has 1 saturated heterocycles. The number of hydrogen-bond donors (Lipinski definition) is 0. The number of benzene rings is 2. The first-order valence-corrected chi connectivity index (χ1v) is 11.5. The molecule has 0 bridgehead atoms. The number of amides is 2. The topological polar surface area (TPSA) is 112 Å². The molecule has 0 N–H and O–H groups in total. The fourth-order valence-electron chi connectivity index (χ4n) is 3.12. The Morgan fingerprint density at radius 1 is 1.09 bits per heavy atom. The smallest absolute Gasteiger partial charge is 0.293 e. The van der Waals surface area contributed by atoms with Crippen molar-refractivity contribution in [3.8, 4) is 17.4 Å². The van der Waals surface area contributed by atoms with Crippen LogP contribution in [0.15, 0.2) is 59.6 Å². The number of hydrogen-bond acceptors (Lipinski definition) is 8. The third-order valence-electron chi connectivity index (χ3n) is 4.83. The second kappa shape index (κ2) is 10.3. The standard InChI is InChI=1S/C23H15Cl2N3O6S/c1-33-19-9-13(3-6-18(19)34-21-7-4-15(11-26-21)28(31)32)10-20-22(29)27(23(30)35-20)12-14-2-5-16(24)17(25)8-14/h2-11H,12H2,1H3/b20-10+. The highest BCUT2D eigenvalue weighted by atomic mass is 35.5. The second-order valence-corrected chi connectivity index (χ2v) is 8.95. The predicted molar refractivity (Wildman–Crippen MR) is 132 cm³/mol. The fourth-order valence-corrected chi connectivity index (χ4v) is 4.28. The van der Waals surface area contributed by atoms with E-state index in [0.717, 1.165) is 22.9 Å². The summed E-state index contributed by atoms with van der Waals surface area (Å²) in [7, 11) is 1.44. The minimum absolute atomic E-state index is 0.0667. The van der Waals surface area contributed by atoms with E-state index in [1.54, 1.807) is 42.5 Å².